The molecule has 0 radical (unpaired) electrons. The normalized spacial score (nSPS) is 12.3. The molecule has 0 aliphatic rings. The molecule has 1 N–H and O–H groups in total. The van der Waals surface area contributed by atoms with Crippen LogP contribution in [-0.2, 0) is 12.0 Å². The lowest BCUT2D eigenvalue weighted by atomic mass is 9.84. The Morgan fingerprint density at radius 1 is 1.28 bits per heavy atom. The van der Waals surface area contributed by atoms with E-state index < -0.39 is 0 Å². The highest BCUT2D eigenvalue weighted by molar-refractivity contribution is 5.84. The predicted octanol–water partition coefficient (Wildman–Crippen LogP) is 3.90. The molecule has 0 saturated carbocycles. The number of aryl methyl sites for hydroxylation is 1. The molecule has 1 aromatic heterocycles. The van der Waals surface area contributed by atoms with E-state index in [-0.39, 0.29) is 11.2 Å². The highest BCUT2D eigenvalue weighted by Crippen LogP contribution is 2.37. The monoisotopic (exact) mass is 249 g/mol. The van der Waals surface area contributed by atoms with Crippen molar-refractivity contribution in [1.82, 2.24) is 5.32 Å². The van der Waals surface area contributed by atoms with Gasteiger partial charge in [-0.15, -0.1) is 0 Å². The Morgan fingerprint density at radius 3 is 2.50 bits per heavy atom. The minimum absolute atomic E-state index is 0.0703. The first-order chi connectivity index (χ1) is 8.36. The molecule has 1 aromatic carbocycles. The Hall–Kier alpha value is -1.35. The second kappa shape index (κ2) is 4.39. The van der Waals surface area contributed by atoms with Gasteiger partial charge in [-0.25, -0.2) is 4.39 Å². The van der Waals surface area contributed by atoms with Crippen LogP contribution >= 0.6 is 0 Å². The van der Waals surface area contributed by atoms with E-state index in [1.807, 2.05) is 19.2 Å². The number of hydrogen-bond donors (Lipinski definition) is 1. The quantitative estimate of drug-likeness (QED) is 0.873. The lowest BCUT2D eigenvalue weighted by Gasteiger charge is -2.19. The van der Waals surface area contributed by atoms with Gasteiger partial charge >= 0.3 is 0 Å². The van der Waals surface area contributed by atoms with Crippen LogP contribution in [0.1, 0.15) is 37.7 Å². The molecule has 0 saturated heterocycles. The summed E-state index contributed by atoms with van der Waals surface area (Å²) >= 11 is 0. The number of nitrogens with one attached hydrogen (secondary N) is 1. The van der Waals surface area contributed by atoms with Crippen LogP contribution in [0.3, 0.4) is 0 Å². The predicted molar refractivity (Wildman–Crippen MR) is 72.4 cm³/mol. The van der Waals surface area contributed by atoms with Crippen molar-refractivity contribution in [2.24, 2.45) is 0 Å². The van der Waals surface area contributed by atoms with E-state index in [1.165, 1.54) is 0 Å². The molecule has 0 amide bonds. The number of fused-ring (bicyclic) bond motifs is 1. The molecule has 2 nitrogen and oxygen atoms in total. The molecule has 1 heterocycles. The summed E-state index contributed by atoms with van der Waals surface area (Å²) in [5, 5.41) is 3.96. The first kappa shape index (κ1) is 13.1. The number of furan rings is 1. The summed E-state index contributed by atoms with van der Waals surface area (Å²) in [6, 6.07) is 3.77. The van der Waals surface area contributed by atoms with E-state index in [1.54, 1.807) is 6.92 Å². The lowest BCUT2D eigenvalue weighted by molar-refractivity contribution is 0.481. The fraction of sp³-hybridized carbons (Fsp3) is 0.467. The summed E-state index contributed by atoms with van der Waals surface area (Å²) < 4.78 is 19.8. The topological polar surface area (TPSA) is 25.2 Å². The first-order valence-electron chi connectivity index (χ1n) is 6.22. The van der Waals surface area contributed by atoms with Crippen molar-refractivity contribution in [2.45, 2.75) is 39.7 Å². The summed E-state index contributed by atoms with van der Waals surface area (Å²) in [7, 11) is 1.86. The van der Waals surface area contributed by atoms with E-state index in [2.05, 4.69) is 26.1 Å². The second-order valence-corrected chi connectivity index (χ2v) is 5.75. The van der Waals surface area contributed by atoms with Crippen molar-refractivity contribution in [1.29, 1.82) is 0 Å². The van der Waals surface area contributed by atoms with Gasteiger partial charge in [0.25, 0.3) is 0 Å². The Kier molecular flexibility index (Phi) is 3.20. The first-order valence-corrected chi connectivity index (χ1v) is 6.22. The van der Waals surface area contributed by atoms with E-state index in [9.17, 15) is 4.39 Å². The van der Waals surface area contributed by atoms with Crippen LogP contribution in [0.4, 0.5) is 4.39 Å². The van der Waals surface area contributed by atoms with Crippen molar-refractivity contribution in [3.8, 4) is 0 Å². The maximum absolute atomic E-state index is 14.1. The molecule has 0 unspecified atom stereocenters. The standard InChI is InChI=1S/C15H20FNO/c1-9-6-7-10-12(15(2,3)4)11(8-17-5)18-14(10)13(9)16/h6-7,17H,8H2,1-5H3. The molecule has 98 valence electrons. The largest absolute Gasteiger partial charge is 0.456 e. The number of hydrogen-bond acceptors (Lipinski definition) is 2. The SMILES string of the molecule is CNCc1oc2c(F)c(C)ccc2c1C(C)(C)C. The Bertz CT molecular complexity index is 578. The molecule has 0 aliphatic carbocycles. The Balaban J connectivity index is 2.80. The number of benzene rings is 1. The molecule has 0 aliphatic heterocycles. The van der Waals surface area contributed by atoms with Gasteiger partial charge in [-0.05, 0) is 24.9 Å². The second-order valence-electron chi connectivity index (χ2n) is 5.75. The van der Waals surface area contributed by atoms with Gasteiger partial charge in [-0.2, -0.15) is 0 Å². The van der Waals surface area contributed by atoms with Crippen LogP contribution in [0.25, 0.3) is 11.0 Å². The summed E-state index contributed by atoms with van der Waals surface area (Å²) in [5.41, 5.74) is 2.02. The van der Waals surface area contributed by atoms with Crippen LogP contribution in [0.15, 0.2) is 16.5 Å². The summed E-state index contributed by atoms with van der Waals surface area (Å²) in [4.78, 5) is 0. The summed E-state index contributed by atoms with van der Waals surface area (Å²) in [6.45, 7) is 8.72. The molecular weight excluding hydrogens is 229 g/mol. The van der Waals surface area contributed by atoms with Crippen molar-refractivity contribution in [2.75, 3.05) is 7.05 Å². The van der Waals surface area contributed by atoms with Gasteiger partial charge < -0.3 is 9.73 Å². The molecule has 18 heavy (non-hydrogen) atoms. The van der Waals surface area contributed by atoms with Crippen molar-refractivity contribution >= 4 is 11.0 Å². The van der Waals surface area contributed by atoms with E-state index in [4.69, 9.17) is 4.42 Å². The van der Waals surface area contributed by atoms with Crippen LogP contribution in [0, 0.1) is 12.7 Å². The highest BCUT2D eigenvalue weighted by Gasteiger charge is 2.26. The Labute approximate surface area is 107 Å². The van der Waals surface area contributed by atoms with Crippen molar-refractivity contribution < 1.29 is 8.81 Å². The van der Waals surface area contributed by atoms with Gasteiger partial charge in [0.1, 0.15) is 5.76 Å². The average Bonchev–Trinajstić information content (AvgIpc) is 2.63. The number of rotatable bonds is 2. The zero-order valence-electron chi connectivity index (χ0n) is 11.6. The minimum atomic E-state index is -0.250. The maximum Gasteiger partial charge on any atom is 0.170 e. The van der Waals surface area contributed by atoms with Crippen LogP contribution in [0.2, 0.25) is 0 Å². The van der Waals surface area contributed by atoms with Crippen molar-refractivity contribution in [3.63, 3.8) is 0 Å². The fourth-order valence-corrected chi connectivity index (χ4v) is 2.38. The van der Waals surface area contributed by atoms with E-state index in [0.717, 1.165) is 16.7 Å². The molecule has 0 fully saturated rings. The van der Waals surface area contributed by atoms with Gasteiger partial charge in [0, 0.05) is 10.9 Å². The molecule has 0 atom stereocenters. The van der Waals surface area contributed by atoms with Gasteiger partial charge in [0.2, 0.25) is 0 Å². The molecule has 0 bridgehead atoms. The summed E-state index contributed by atoms with van der Waals surface area (Å²) in [6.07, 6.45) is 0. The van der Waals surface area contributed by atoms with Gasteiger partial charge in [0.15, 0.2) is 11.4 Å². The zero-order chi connectivity index (χ0) is 13.5. The molecule has 0 spiro atoms. The minimum Gasteiger partial charge on any atom is -0.456 e. The maximum atomic E-state index is 14.1. The van der Waals surface area contributed by atoms with Gasteiger partial charge in [0.05, 0.1) is 6.54 Å². The van der Waals surface area contributed by atoms with Crippen LogP contribution in [0.5, 0.6) is 0 Å². The molecular formula is C15H20FNO. The van der Waals surface area contributed by atoms with Crippen molar-refractivity contribution in [3.05, 3.63) is 34.8 Å². The highest BCUT2D eigenvalue weighted by atomic mass is 19.1. The number of halogens is 1. The molecule has 2 aromatic rings. The zero-order valence-corrected chi connectivity index (χ0v) is 11.6. The summed E-state index contributed by atoms with van der Waals surface area (Å²) in [5.74, 6) is 0.574. The molecule has 2 rings (SSSR count). The third-order valence-electron chi connectivity index (χ3n) is 3.15. The van der Waals surface area contributed by atoms with Gasteiger partial charge in [-0.3, -0.25) is 0 Å². The van der Waals surface area contributed by atoms with E-state index >= 15 is 0 Å². The average molecular weight is 249 g/mol. The van der Waals surface area contributed by atoms with Crippen LogP contribution in [-0.4, -0.2) is 7.05 Å². The third-order valence-corrected chi connectivity index (χ3v) is 3.15. The molecule has 3 heteroatoms. The van der Waals surface area contributed by atoms with E-state index in [0.29, 0.717) is 17.7 Å². The smallest absolute Gasteiger partial charge is 0.170 e. The fourth-order valence-electron chi connectivity index (χ4n) is 2.38. The third kappa shape index (κ3) is 2.03. The lowest BCUT2D eigenvalue weighted by Crippen LogP contribution is -2.15. The van der Waals surface area contributed by atoms with Gasteiger partial charge in [-0.1, -0.05) is 32.9 Å². The van der Waals surface area contributed by atoms with Crippen LogP contribution < -0.4 is 5.32 Å². The Morgan fingerprint density at radius 2 is 1.94 bits per heavy atom.